The van der Waals surface area contributed by atoms with Gasteiger partial charge in [0.1, 0.15) is 0 Å². The van der Waals surface area contributed by atoms with Crippen molar-refractivity contribution >= 4 is 29.5 Å². The summed E-state index contributed by atoms with van der Waals surface area (Å²) in [6, 6.07) is 24.3. The van der Waals surface area contributed by atoms with Crippen LogP contribution in [0.4, 0.5) is 4.79 Å². The molecule has 1 fully saturated rings. The molecule has 0 saturated carbocycles. The molecule has 2 unspecified atom stereocenters. The third-order valence-electron chi connectivity index (χ3n) is 6.57. The predicted octanol–water partition coefficient (Wildman–Crippen LogP) is 3.62. The Morgan fingerprint density at radius 2 is 1.42 bits per heavy atom. The average Bonchev–Trinajstić information content (AvgIpc) is 2.91. The van der Waals surface area contributed by atoms with Gasteiger partial charge in [-0.15, -0.1) is 0 Å². The lowest BCUT2D eigenvalue weighted by Crippen LogP contribution is -2.60. The van der Waals surface area contributed by atoms with Crippen molar-refractivity contribution in [1.29, 1.82) is 0 Å². The molecule has 3 aromatic carbocycles. The fourth-order valence-electron chi connectivity index (χ4n) is 4.67. The second-order valence-electron chi connectivity index (χ2n) is 9.17. The zero-order valence-corrected chi connectivity index (χ0v) is 21.1. The third-order valence-corrected chi connectivity index (χ3v) is 6.57. The Hall–Kier alpha value is -4.59. The number of nitrogens with zero attached hydrogens (tertiary/aromatic N) is 1. The number of ketones is 1. The molecule has 0 radical (unpaired) electrons. The van der Waals surface area contributed by atoms with Crippen molar-refractivity contribution in [3.8, 4) is 0 Å². The summed E-state index contributed by atoms with van der Waals surface area (Å²) in [5, 5.41) is 5.07. The first kappa shape index (κ1) is 26.5. The van der Waals surface area contributed by atoms with E-state index in [-0.39, 0.29) is 12.3 Å². The lowest BCUT2D eigenvalue weighted by Gasteiger charge is -2.36. The summed E-state index contributed by atoms with van der Waals surface area (Å²) in [5.41, 5.74) is 2.83. The number of Topliss-reactive ketones (excluding diaryl/α,β-unsaturated/α-hetero) is 1. The molecule has 1 aliphatic heterocycles. The Bertz CT molecular complexity index is 1340. The van der Waals surface area contributed by atoms with E-state index in [2.05, 4.69) is 10.6 Å². The highest BCUT2D eigenvalue weighted by Crippen LogP contribution is 2.32. The molecular formula is C30H29N3O5. The molecule has 0 aliphatic carbocycles. The fourth-order valence-corrected chi connectivity index (χ4v) is 4.67. The van der Waals surface area contributed by atoms with Gasteiger partial charge in [0.2, 0.25) is 5.91 Å². The summed E-state index contributed by atoms with van der Waals surface area (Å²) in [4.78, 5) is 65.0. The van der Waals surface area contributed by atoms with Gasteiger partial charge in [-0.3, -0.25) is 29.4 Å². The summed E-state index contributed by atoms with van der Waals surface area (Å²) in [6.07, 6.45) is 1.42. The molecule has 3 aromatic rings. The highest BCUT2D eigenvalue weighted by atomic mass is 16.2. The number of benzene rings is 3. The number of barbiturate groups is 1. The number of aryl methyl sites for hydroxylation is 1. The molecular weight excluding hydrogens is 482 g/mol. The first-order valence-corrected chi connectivity index (χ1v) is 12.5. The van der Waals surface area contributed by atoms with Gasteiger partial charge in [-0.05, 0) is 48.9 Å². The van der Waals surface area contributed by atoms with Gasteiger partial charge in [-0.1, -0.05) is 78.9 Å². The van der Waals surface area contributed by atoms with Gasteiger partial charge in [0.25, 0.3) is 11.8 Å². The van der Waals surface area contributed by atoms with Crippen molar-refractivity contribution in [3.05, 3.63) is 107 Å². The number of rotatable bonds is 10. The van der Waals surface area contributed by atoms with E-state index in [4.69, 9.17) is 0 Å². The van der Waals surface area contributed by atoms with Gasteiger partial charge < -0.3 is 5.32 Å². The third kappa shape index (κ3) is 6.03. The number of carbonyl (C=O) groups is 5. The van der Waals surface area contributed by atoms with Crippen LogP contribution in [0.25, 0.3) is 0 Å². The summed E-state index contributed by atoms with van der Waals surface area (Å²) < 4.78 is 0. The molecule has 194 valence electrons. The minimum Gasteiger partial charge on any atom is -0.352 e. The molecule has 5 amide bonds. The highest BCUT2D eigenvalue weighted by molar-refractivity contribution is 6.26. The second-order valence-corrected chi connectivity index (χ2v) is 9.17. The number of nitrogens with one attached hydrogen (secondary N) is 2. The van der Waals surface area contributed by atoms with Crippen LogP contribution < -0.4 is 10.6 Å². The van der Waals surface area contributed by atoms with Crippen molar-refractivity contribution in [2.24, 2.45) is 5.92 Å². The molecule has 1 aliphatic rings. The van der Waals surface area contributed by atoms with Crippen LogP contribution in [0.2, 0.25) is 0 Å². The number of carbonyl (C=O) groups excluding carboxylic acids is 5. The van der Waals surface area contributed by atoms with E-state index in [1.165, 1.54) is 0 Å². The molecule has 1 heterocycles. The van der Waals surface area contributed by atoms with Crippen LogP contribution in [0.3, 0.4) is 0 Å². The van der Waals surface area contributed by atoms with Crippen LogP contribution in [0.1, 0.15) is 46.4 Å². The van der Waals surface area contributed by atoms with Crippen LogP contribution >= 0.6 is 0 Å². The lowest BCUT2D eigenvalue weighted by atomic mass is 9.91. The Balaban J connectivity index is 1.65. The monoisotopic (exact) mass is 511 g/mol. The zero-order valence-electron chi connectivity index (χ0n) is 21.1. The standard InChI is InChI=1S/C30H29N3O5/c1-20(34)26-28(36)32-30(38)33(29(26)37)25(17-16-21-10-4-2-5-11-21)23-14-8-9-15-24(23)27(35)31-19-18-22-12-6-3-7-13-22/h2-15,25-26H,16-19H2,1H3,(H,31,35)(H,32,36,38). The molecule has 8 nitrogen and oxygen atoms in total. The topological polar surface area (TPSA) is 113 Å². The van der Waals surface area contributed by atoms with Crippen LogP contribution in [-0.2, 0) is 27.2 Å². The normalized spacial score (nSPS) is 16.1. The minimum atomic E-state index is -1.61. The van der Waals surface area contributed by atoms with Crippen molar-refractivity contribution in [2.75, 3.05) is 6.54 Å². The van der Waals surface area contributed by atoms with E-state index >= 15 is 0 Å². The van der Waals surface area contributed by atoms with Gasteiger partial charge in [-0.2, -0.15) is 0 Å². The molecule has 0 bridgehead atoms. The smallest absolute Gasteiger partial charge is 0.331 e. The van der Waals surface area contributed by atoms with Crippen molar-refractivity contribution < 1.29 is 24.0 Å². The first-order chi connectivity index (χ1) is 18.4. The van der Waals surface area contributed by atoms with Crippen LogP contribution in [-0.4, -0.2) is 41.0 Å². The zero-order chi connectivity index (χ0) is 27.1. The van der Waals surface area contributed by atoms with Crippen LogP contribution in [0.15, 0.2) is 84.9 Å². The largest absolute Gasteiger partial charge is 0.352 e. The Labute approximate surface area is 221 Å². The fraction of sp³-hybridized carbons (Fsp3) is 0.233. The van der Waals surface area contributed by atoms with Gasteiger partial charge in [0, 0.05) is 12.1 Å². The molecule has 0 spiro atoms. The minimum absolute atomic E-state index is 0.288. The van der Waals surface area contributed by atoms with E-state index in [0.29, 0.717) is 30.5 Å². The summed E-state index contributed by atoms with van der Waals surface area (Å²) in [6.45, 7) is 1.54. The van der Waals surface area contributed by atoms with Crippen molar-refractivity contribution in [2.45, 2.75) is 32.2 Å². The average molecular weight is 512 g/mol. The van der Waals surface area contributed by atoms with Gasteiger partial charge in [0.05, 0.1) is 6.04 Å². The molecule has 38 heavy (non-hydrogen) atoms. The van der Waals surface area contributed by atoms with E-state index in [1.54, 1.807) is 24.3 Å². The number of urea groups is 1. The molecule has 2 N–H and O–H groups in total. The highest BCUT2D eigenvalue weighted by Gasteiger charge is 2.46. The van der Waals surface area contributed by atoms with Crippen molar-refractivity contribution in [3.63, 3.8) is 0 Å². The Kier molecular flexibility index (Phi) is 8.43. The number of hydrogen-bond donors (Lipinski definition) is 2. The quantitative estimate of drug-likeness (QED) is 0.404. The van der Waals surface area contributed by atoms with Gasteiger partial charge >= 0.3 is 6.03 Å². The SMILES string of the molecule is CC(=O)C1C(=O)NC(=O)N(C(CCc2ccccc2)c2ccccc2C(=O)NCCc2ccccc2)C1=O. The molecule has 0 aromatic heterocycles. The summed E-state index contributed by atoms with van der Waals surface area (Å²) in [5.74, 6) is -4.43. The molecule has 8 heteroatoms. The van der Waals surface area contributed by atoms with E-state index in [0.717, 1.165) is 23.0 Å². The van der Waals surface area contributed by atoms with Crippen molar-refractivity contribution in [1.82, 2.24) is 15.5 Å². The van der Waals surface area contributed by atoms with Crippen LogP contribution in [0, 0.1) is 5.92 Å². The van der Waals surface area contributed by atoms with E-state index in [1.807, 2.05) is 60.7 Å². The Morgan fingerprint density at radius 1 is 0.842 bits per heavy atom. The predicted molar refractivity (Wildman–Crippen MR) is 141 cm³/mol. The molecule has 1 saturated heterocycles. The maximum Gasteiger partial charge on any atom is 0.331 e. The molecule has 2 atom stereocenters. The second kappa shape index (κ2) is 12.1. The number of imide groups is 2. The first-order valence-electron chi connectivity index (χ1n) is 12.5. The van der Waals surface area contributed by atoms with Gasteiger partial charge in [0.15, 0.2) is 11.7 Å². The maximum absolute atomic E-state index is 13.3. The number of amides is 5. The van der Waals surface area contributed by atoms with E-state index < -0.39 is 35.6 Å². The molecule has 4 rings (SSSR count). The Morgan fingerprint density at radius 3 is 2.05 bits per heavy atom. The van der Waals surface area contributed by atoms with Crippen LogP contribution in [0.5, 0.6) is 0 Å². The number of hydrogen-bond acceptors (Lipinski definition) is 5. The summed E-state index contributed by atoms with van der Waals surface area (Å²) in [7, 11) is 0. The lowest BCUT2D eigenvalue weighted by molar-refractivity contribution is -0.148. The van der Waals surface area contributed by atoms with Gasteiger partial charge in [-0.25, -0.2) is 4.79 Å². The summed E-state index contributed by atoms with van der Waals surface area (Å²) >= 11 is 0. The van der Waals surface area contributed by atoms with E-state index in [9.17, 15) is 24.0 Å². The maximum atomic E-state index is 13.3.